The SMILES string of the molecule is CCC(CF)N=C(S)Nc1cc2c(cn1)ncn2CCNC(=O)OC(C)(C)C. The zero-order valence-corrected chi connectivity index (χ0v) is 17.5. The Labute approximate surface area is 169 Å². The summed E-state index contributed by atoms with van der Waals surface area (Å²) >= 11 is 4.26. The molecule has 2 heterocycles. The molecule has 0 saturated heterocycles. The van der Waals surface area contributed by atoms with E-state index in [2.05, 4.69) is 38.2 Å². The number of anilines is 1. The molecule has 0 aliphatic carbocycles. The summed E-state index contributed by atoms with van der Waals surface area (Å²) < 4.78 is 19.9. The number of amidine groups is 1. The number of nitrogens with zero attached hydrogens (tertiary/aromatic N) is 4. The molecule has 2 aromatic rings. The number of carbonyl (C=O) groups excluding carboxylic acids is 1. The molecule has 0 aromatic carbocycles. The van der Waals surface area contributed by atoms with Gasteiger partial charge in [-0.1, -0.05) is 6.92 Å². The number of alkyl carbamates (subject to hydrolysis) is 1. The Kier molecular flexibility index (Phi) is 7.61. The first kappa shape index (κ1) is 21.9. The average molecular weight is 411 g/mol. The molecule has 8 nitrogen and oxygen atoms in total. The van der Waals surface area contributed by atoms with Crippen LogP contribution in [-0.2, 0) is 11.3 Å². The van der Waals surface area contributed by atoms with Crippen LogP contribution in [0.15, 0.2) is 23.6 Å². The van der Waals surface area contributed by atoms with Crippen molar-refractivity contribution in [1.82, 2.24) is 19.9 Å². The lowest BCUT2D eigenvalue weighted by Gasteiger charge is -2.19. The molecule has 28 heavy (non-hydrogen) atoms. The second-order valence-electron chi connectivity index (χ2n) is 7.22. The van der Waals surface area contributed by atoms with E-state index in [9.17, 15) is 9.18 Å². The van der Waals surface area contributed by atoms with Crippen molar-refractivity contribution < 1.29 is 13.9 Å². The van der Waals surface area contributed by atoms with Crippen LogP contribution < -0.4 is 10.6 Å². The number of aliphatic imine (C=N–C) groups is 1. The average Bonchev–Trinajstić information content (AvgIpc) is 3.00. The first-order chi connectivity index (χ1) is 13.2. The highest BCUT2D eigenvalue weighted by molar-refractivity contribution is 7.97. The van der Waals surface area contributed by atoms with Gasteiger partial charge in [-0.05, 0) is 27.2 Å². The van der Waals surface area contributed by atoms with Crippen molar-refractivity contribution >= 4 is 40.7 Å². The number of imidazole rings is 1. The van der Waals surface area contributed by atoms with Crippen LogP contribution in [0.3, 0.4) is 0 Å². The van der Waals surface area contributed by atoms with Crippen LogP contribution in [0.5, 0.6) is 0 Å². The molecular formula is C18H27FN6O2S. The number of nitrogens with one attached hydrogen (secondary N) is 2. The molecule has 0 spiro atoms. The summed E-state index contributed by atoms with van der Waals surface area (Å²) in [5.74, 6) is 0.525. The van der Waals surface area contributed by atoms with Crippen LogP contribution in [0.25, 0.3) is 11.0 Å². The van der Waals surface area contributed by atoms with Gasteiger partial charge in [-0.2, -0.15) is 0 Å². The second kappa shape index (κ2) is 9.72. The summed E-state index contributed by atoms with van der Waals surface area (Å²) in [4.78, 5) is 24.5. The number of carbonyl (C=O) groups is 1. The molecule has 0 aliphatic heterocycles. The minimum absolute atomic E-state index is 0.300. The quantitative estimate of drug-likeness (QED) is 0.370. The summed E-state index contributed by atoms with van der Waals surface area (Å²) in [5, 5.41) is 5.97. The van der Waals surface area contributed by atoms with Gasteiger partial charge in [-0.3, -0.25) is 4.99 Å². The minimum atomic E-state index is -0.539. The van der Waals surface area contributed by atoms with Crippen molar-refractivity contribution in [2.45, 2.75) is 52.3 Å². The van der Waals surface area contributed by atoms with E-state index in [0.717, 1.165) is 11.0 Å². The van der Waals surface area contributed by atoms with Gasteiger partial charge in [0.05, 0.1) is 24.1 Å². The Morgan fingerprint density at radius 3 is 2.82 bits per heavy atom. The van der Waals surface area contributed by atoms with E-state index < -0.39 is 24.4 Å². The largest absolute Gasteiger partial charge is 0.444 e. The lowest BCUT2D eigenvalue weighted by Crippen LogP contribution is -2.34. The second-order valence-corrected chi connectivity index (χ2v) is 7.64. The Morgan fingerprint density at radius 1 is 1.43 bits per heavy atom. The Morgan fingerprint density at radius 2 is 2.18 bits per heavy atom. The van der Waals surface area contributed by atoms with Crippen molar-refractivity contribution in [3.63, 3.8) is 0 Å². The normalized spacial score (nSPS) is 13.4. The van der Waals surface area contributed by atoms with Gasteiger partial charge >= 0.3 is 6.09 Å². The number of alkyl halides is 1. The number of thiol groups is 1. The maximum atomic E-state index is 12.8. The van der Waals surface area contributed by atoms with Gasteiger partial charge < -0.3 is 19.9 Å². The van der Waals surface area contributed by atoms with Crippen molar-refractivity contribution in [3.05, 3.63) is 18.6 Å². The lowest BCUT2D eigenvalue weighted by molar-refractivity contribution is 0.0526. The fourth-order valence-electron chi connectivity index (χ4n) is 2.35. The molecule has 1 atom stereocenters. The highest BCUT2D eigenvalue weighted by Crippen LogP contribution is 2.16. The molecule has 0 fully saturated rings. The summed E-state index contributed by atoms with van der Waals surface area (Å²) in [6, 6.07) is 1.38. The third kappa shape index (κ3) is 6.66. The molecule has 1 unspecified atom stereocenters. The number of hydrogen-bond acceptors (Lipinski definition) is 5. The number of ether oxygens (including phenoxy) is 1. The van der Waals surface area contributed by atoms with Crippen LogP contribution in [0.2, 0.25) is 0 Å². The minimum Gasteiger partial charge on any atom is -0.444 e. The molecule has 0 bridgehead atoms. The standard InChI is InChI=1S/C18H27FN6O2S/c1-5-12(9-19)23-16(28)24-15-8-14-13(10-21-15)22-11-25(14)7-6-20-17(26)27-18(2,3)4/h8,10-12H,5-7,9H2,1-4H3,(H,20,26)(H2,21,23,24,28). The van der Waals surface area contributed by atoms with E-state index in [0.29, 0.717) is 30.5 Å². The zero-order chi connectivity index (χ0) is 20.7. The van der Waals surface area contributed by atoms with Crippen LogP contribution in [-0.4, -0.2) is 50.7 Å². The Hall–Kier alpha value is -2.36. The maximum absolute atomic E-state index is 12.8. The van der Waals surface area contributed by atoms with Gasteiger partial charge in [0.25, 0.3) is 0 Å². The fourth-order valence-corrected chi connectivity index (χ4v) is 2.63. The third-order valence-electron chi connectivity index (χ3n) is 3.72. The van der Waals surface area contributed by atoms with E-state index >= 15 is 0 Å². The highest BCUT2D eigenvalue weighted by Gasteiger charge is 2.15. The van der Waals surface area contributed by atoms with Gasteiger partial charge in [0.15, 0.2) is 5.17 Å². The molecule has 154 valence electrons. The molecule has 2 aromatic heterocycles. The number of hydrogen-bond donors (Lipinski definition) is 3. The van der Waals surface area contributed by atoms with Crippen LogP contribution in [0, 0.1) is 0 Å². The zero-order valence-electron chi connectivity index (χ0n) is 16.6. The van der Waals surface area contributed by atoms with Crippen LogP contribution >= 0.6 is 12.6 Å². The third-order valence-corrected chi connectivity index (χ3v) is 3.95. The van der Waals surface area contributed by atoms with Gasteiger partial charge in [0, 0.05) is 19.2 Å². The van der Waals surface area contributed by atoms with Gasteiger partial charge in [0.2, 0.25) is 0 Å². The molecule has 2 rings (SSSR count). The Balaban J connectivity index is 2.03. The predicted molar refractivity (Wildman–Crippen MR) is 112 cm³/mol. The van der Waals surface area contributed by atoms with E-state index in [1.807, 2.05) is 32.3 Å². The molecule has 10 heteroatoms. The van der Waals surface area contributed by atoms with Gasteiger partial charge in [-0.15, -0.1) is 12.6 Å². The van der Waals surface area contributed by atoms with Crippen LogP contribution in [0.1, 0.15) is 34.1 Å². The first-order valence-electron chi connectivity index (χ1n) is 9.09. The Bertz CT molecular complexity index is 829. The summed E-state index contributed by atoms with van der Waals surface area (Å²) in [5.41, 5.74) is 1.01. The number of fused-ring (bicyclic) bond motifs is 1. The topological polar surface area (TPSA) is 93.4 Å². The van der Waals surface area contributed by atoms with E-state index in [1.54, 1.807) is 18.6 Å². The molecule has 0 radical (unpaired) electrons. The van der Waals surface area contributed by atoms with E-state index in [4.69, 9.17) is 4.74 Å². The van der Waals surface area contributed by atoms with E-state index in [-0.39, 0.29) is 0 Å². The smallest absolute Gasteiger partial charge is 0.407 e. The molecule has 2 N–H and O–H groups in total. The summed E-state index contributed by atoms with van der Waals surface area (Å²) in [7, 11) is 0. The molecule has 0 saturated carbocycles. The monoisotopic (exact) mass is 410 g/mol. The predicted octanol–water partition coefficient (Wildman–Crippen LogP) is 3.40. The summed E-state index contributed by atoms with van der Waals surface area (Å²) in [6.07, 6.45) is 3.43. The highest BCUT2D eigenvalue weighted by atomic mass is 32.1. The fraction of sp³-hybridized carbons (Fsp3) is 0.556. The van der Waals surface area contributed by atoms with Gasteiger partial charge in [0.1, 0.15) is 23.6 Å². The molecule has 0 aliphatic rings. The van der Waals surface area contributed by atoms with Crippen LogP contribution in [0.4, 0.5) is 15.0 Å². The number of halogens is 1. The number of rotatable bonds is 7. The van der Waals surface area contributed by atoms with Crippen molar-refractivity contribution in [2.75, 3.05) is 18.5 Å². The van der Waals surface area contributed by atoms with Crippen molar-refractivity contribution in [3.8, 4) is 0 Å². The van der Waals surface area contributed by atoms with E-state index in [1.165, 1.54) is 0 Å². The number of aromatic nitrogens is 3. The molecule has 1 amide bonds. The van der Waals surface area contributed by atoms with Crippen molar-refractivity contribution in [1.29, 1.82) is 0 Å². The molecular weight excluding hydrogens is 383 g/mol. The lowest BCUT2D eigenvalue weighted by atomic mass is 10.2. The maximum Gasteiger partial charge on any atom is 0.407 e. The number of pyridine rings is 1. The summed E-state index contributed by atoms with van der Waals surface area (Å²) in [6.45, 7) is 7.67. The first-order valence-corrected chi connectivity index (χ1v) is 9.54. The van der Waals surface area contributed by atoms with Crippen molar-refractivity contribution in [2.24, 2.45) is 4.99 Å². The number of amides is 1. The van der Waals surface area contributed by atoms with Gasteiger partial charge in [-0.25, -0.2) is 19.2 Å².